The SMILES string of the molecule is CCCNCc1ccc(N2CCC(OC)C2)nn1. The molecular weight excluding hydrogens is 228 g/mol. The Labute approximate surface area is 109 Å². The zero-order valence-corrected chi connectivity index (χ0v) is 11.2. The van der Waals surface area contributed by atoms with Gasteiger partial charge in [-0.05, 0) is 31.5 Å². The van der Waals surface area contributed by atoms with Gasteiger partial charge in [-0.15, -0.1) is 5.10 Å². The summed E-state index contributed by atoms with van der Waals surface area (Å²) in [6, 6.07) is 4.10. The van der Waals surface area contributed by atoms with Crippen molar-refractivity contribution in [3.8, 4) is 0 Å². The number of nitrogens with zero attached hydrogens (tertiary/aromatic N) is 3. The maximum absolute atomic E-state index is 5.35. The Kier molecular flexibility index (Phi) is 4.90. The number of rotatable bonds is 6. The van der Waals surface area contributed by atoms with E-state index in [2.05, 4.69) is 27.3 Å². The number of hydrogen-bond acceptors (Lipinski definition) is 5. The first-order chi connectivity index (χ1) is 8.83. The number of ether oxygens (including phenoxy) is 1. The average molecular weight is 250 g/mol. The van der Waals surface area contributed by atoms with Gasteiger partial charge in [0.2, 0.25) is 0 Å². The highest BCUT2D eigenvalue weighted by atomic mass is 16.5. The van der Waals surface area contributed by atoms with Crippen molar-refractivity contribution in [2.45, 2.75) is 32.4 Å². The van der Waals surface area contributed by atoms with Crippen LogP contribution in [0.3, 0.4) is 0 Å². The monoisotopic (exact) mass is 250 g/mol. The fourth-order valence-electron chi connectivity index (χ4n) is 2.14. The molecule has 0 spiro atoms. The van der Waals surface area contributed by atoms with E-state index in [1.807, 2.05) is 12.1 Å². The second-order valence-electron chi connectivity index (χ2n) is 4.65. The first-order valence-corrected chi connectivity index (χ1v) is 6.64. The Bertz CT molecular complexity index is 355. The lowest BCUT2D eigenvalue weighted by molar-refractivity contribution is 0.121. The summed E-state index contributed by atoms with van der Waals surface area (Å²) in [6.45, 7) is 5.88. The molecule has 0 aromatic carbocycles. The quantitative estimate of drug-likeness (QED) is 0.769. The van der Waals surface area contributed by atoms with Gasteiger partial charge in [-0.1, -0.05) is 6.92 Å². The molecule has 1 unspecified atom stereocenters. The number of aromatic nitrogens is 2. The molecule has 0 amide bonds. The molecule has 1 aliphatic rings. The van der Waals surface area contributed by atoms with E-state index in [0.717, 1.165) is 50.5 Å². The van der Waals surface area contributed by atoms with E-state index in [9.17, 15) is 0 Å². The van der Waals surface area contributed by atoms with Crippen molar-refractivity contribution in [2.75, 3.05) is 31.6 Å². The number of hydrogen-bond donors (Lipinski definition) is 1. The van der Waals surface area contributed by atoms with Crippen LogP contribution >= 0.6 is 0 Å². The highest BCUT2D eigenvalue weighted by Crippen LogP contribution is 2.18. The molecule has 5 nitrogen and oxygen atoms in total. The molecule has 2 heterocycles. The predicted octanol–water partition coefficient (Wildman–Crippen LogP) is 1.20. The number of nitrogens with one attached hydrogen (secondary N) is 1. The molecule has 5 heteroatoms. The zero-order chi connectivity index (χ0) is 12.8. The molecule has 1 aromatic rings. The van der Waals surface area contributed by atoms with Gasteiger partial charge in [0, 0.05) is 26.7 Å². The van der Waals surface area contributed by atoms with Crippen LogP contribution in [0.4, 0.5) is 5.82 Å². The Morgan fingerprint density at radius 3 is 2.94 bits per heavy atom. The predicted molar refractivity (Wildman–Crippen MR) is 71.7 cm³/mol. The maximum atomic E-state index is 5.35. The maximum Gasteiger partial charge on any atom is 0.151 e. The summed E-state index contributed by atoms with van der Waals surface area (Å²) in [6.07, 6.45) is 2.54. The lowest BCUT2D eigenvalue weighted by atomic mass is 10.3. The van der Waals surface area contributed by atoms with Gasteiger partial charge in [0.25, 0.3) is 0 Å². The van der Waals surface area contributed by atoms with Crippen molar-refractivity contribution < 1.29 is 4.74 Å². The summed E-state index contributed by atoms with van der Waals surface area (Å²) in [5, 5.41) is 11.9. The fourth-order valence-corrected chi connectivity index (χ4v) is 2.14. The molecule has 1 aliphatic heterocycles. The fraction of sp³-hybridized carbons (Fsp3) is 0.692. The van der Waals surface area contributed by atoms with Crippen molar-refractivity contribution in [2.24, 2.45) is 0 Å². The molecular formula is C13H22N4O. The van der Waals surface area contributed by atoms with Gasteiger partial charge in [0.05, 0.1) is 11.8 Å². The van der Waals surface area contributed by atoms with E-state index in [1.165, 1.54) is 0 Å². The minimum absolute atomic E-state index is 0.331. The average Bonchev–Trinajstić information content (AvgIpc) is 2.89. The van der Waals surface area contributed by atoms with E-state index in [-0.39, 0.29) is 0 Å². The minimum Gasteiger partial charge on any atom is -0.380 e. The van der Waals surface area contributed by atoms with Crippen LogP contribution in [-0.4, -0.2) is 43.0 Å². The van der Waals surface area contributed by atoms with Crippen LogP contribution in [0.15, 0.2) is 12.1 Å². The molecule has 0 radical (unpaired) electrons. The summed E-state index contributed by atoms with van der Waals surface area (Å²) < 4.78 is 5.35. The standard InChI is InChI=1S/C13H22N4O/c1-3-7-14-9-11-4-5-13(16-15-11)17-8-6-12(10-17)18-2/h4-5,12,14H,3,6-10H2,1-2H3. The van der Waals surface area contributed by atoms with Gasteiger partial charge in [-0.25, -0.2) is 0 Å². The van der Waals surface area contributed by atoms with E-state index >= 15 is 0 Å². The second kappa shape index (κ2) is 6.66. The van der Waals surface area contributed by atoms with Crippen molar-refractivity contribution in [1.82, 2.24) is 15.5 Å². The zero-order valence-electron chi connectivity index (χ0n) is 11.2. The lowest BCUT2D eigenvalue weighted by Crippen LogP contribution is -2.23. The third kappa shape index (κ3) is 3.40. The molecule has 1 atom stereocenters. The van der Waals surface area contributed by atoms with Gasteiger partial charge < -0.3 is 15.0 Å². The molecule has 0 saturated carbocycles. The van der Waals surface area contributed by atoms with Crippen LogP contribution < -0.4 is 10.2 Å². The van der Waals surface area contributed by atoms with Crippen LogP contribution in [0, 0.1) is 0 Å². The summed E-state index contributed by atoms with van der Waals surface area (Å²) in [4.78, 5) is 2.23. The first kappa shape index (κ1) is 13.2. The Morgan fingerprint density at radius 2 is 2.33 bits per heavy atom. The molecule has 0 bridgehead atoms. The first-order valence-electron chi connectivity index (χ1n) is 6.64. The topological polar surface area (TPSA) is 50.3 Å². The van der Waals surface area contributed by atoms with Crippen LogP contribution in [0.25, 0.3) is 0 Å². The van der Waals surface area contributed by atoms with Gasteiger partial charge in [-0.3, -0.25) is 0 Å². The highest BCUT2D eigenvalue weighted by Gasteiger charge is 2.23. The Hall–Kier alpha value is -1.20. The summed E-state index contributed by atoms with van der Waals surface area (Å²) in [7, 11) is 1.77. The van der Waals surface area contributed by atoms with E-state index < -0.39 is 0 Å². The molecule has 0 aliphatic carbocycles. The Balaban J connectivity index is 1.87. The molecule has 18 heavy (non-hydrogen) atoms. The van der Waals surface area contributed by atoms with Crippen molar-refractivity contribution in [3.05, 3.63) is 17.8 Å². The lowest BCUT2D eigenvalue weighted by Gasteiger charge is -2.16. The third-order valence-electron chi connectivity index (χ3n) is 3.24. The van der Waals surface area contributed by atoms with Crippen molar-refractivity contribution >= 4 is 5.82 Å². The third-order valence-corrected chi connectivity index (χ3v) is 3.24. The smallest absolute Gasteiger partial charge is 0.151 e. The van der Waals surface area contributed by atoms with Crippen molar-refractivity contribution in [3.63, 3.8) is 0 Å². The highest BCUT2D eigenvalue weighted by molar-refractivity contribution is 5.38. The number of methoxy groups -OCH3 is 1. The van der Waals surface area contributed by atoms with Gasteiger partial charge in [0.15, 0.2) is 5.82 Å². The molecule has 1 N–H and O–H groups in total. The van der Waals surface area contributed by atoms with Crippen LogP contribution in [0.1, 0.15) is 25.5 Å². The summed E-state index contributed by atoms with van der Waals surface area (Å²) in [5.41, 5.74) is 0.995. The molecule has 1 fully saturated rings. The molecule has 1 aromatic heterocycles. The normalized spacial score (nSPS) is 19.4. The van der Waals surface area contributed by atoms with E-state index in [1.54, 1.807) is 7.11 Å². The van der Waals surface area contributed by atoms with Crippen LogP contribution in [-0.2, 0) is 11.3 Å². The van der Waals surface area contributed by atoms with Crippen molar-refractivity contribution in [1.29, 1.82) is 0 Å². The second-order valence-corrected chi connectivity index (χ2v) is 4.65. The van der Waals surface area contributed by atoms with E-state index in [4.69, 9.17) is 4.74 Å². The molecule has 1 saturated heterocycles. The van der Waals surface area contributed by atoms with Gasteiger partial charge >= 0.3 is 0 Å². The van der Waals surface area contributed by atoms with Crippen LogP contribution in [0.2, 0.25) is 0 Å². The minimum atomic E-state index is 0.331. The van der Waals surface area contributed by atoms with Crippen LogP contribution in [0.5, 0.6) is 0 Å². The Morgan fingerprint density at radius 1 is 1.44 bits per heavy atom. The molecule has 100 valence electrons. The van der Waals surface area contributed by atoms with Gasteiger partial charge in [0.1, 0.15) is 0 Å². The largest absolute Gasteiger partial charge is 0.380 e. The molecule has 2 rings (SSSR count). The summed E-state index contributed by atoms with van der Waals surface area (Å²) in [5.74, 6) is 0.953. The van der Waals surface area contributed by atoms with E-state index in [0.29, 0.717) is 6.10 Å². The number of anilines is 1. The summed E-state index contributed by atoms with van der Waals surface area (Å²) >= 11 is 0. The van der Waals surface area contributed by atoms with Gasteiger partial charge in [-0.2, -0.15) is 5.10 Å².